The first-order valence-electron chi connectivity index (χ1n) is 11.7. The lowest BCUT2D eigenvalue weighted by atomic mass is 10.1. The van der Waals surface area contributed by atoms with E-state index < -0.39 is 16.0 Å². The summed E-state index contributed by atoms with van der Waals surface area (Å²) >= 11 is 0. The summed E-state index contributed by atoms with van der Waals surface area (Å²) in [5.41, 5.74) is 4.84. The number of ether oxygens (including phenoxy) is 1. The fraction of sp³-hybridized carbons (Fsp3) is 0.231. The molecule has 0 N–H and O–H groups in total. The van der Waals surface area contributed by atoms with Crippen molar-refractivity contribution >= 4 is 32.7 Å². The molecule has 3 aromatic heterocycles. The molecule has 2 aromatic carbocycles. The largest absolute Gasteiger partial charge is 0.466 e. The van der Waals surface area contributed by atoms with Crippen molar-refractivity contribution in [1.82, 2.24) is 28.5 Å². The van der Waals surface area contributed by atoms with Crippen LogP contribution in [0.25, 0.3) is 33.5 Å². The molecule has 0 spiro atoms. The van der Waals surface area contributed by atoms with E-state index in [0.29, 0.717) is 17.1 Å². The number of sulfonamides is 1. The molecule has 190 valence electrons. The molecule has 37 heavy (non-hydrogen) atoms. The van der Waals surface area contributed by atoms with Gasteiger partial charge in [-0.15, -0.1) is 5.10 Å². The molecule has 5 aromatic rings. The Balaban J connectivity index is 1.72. The van der Waals surface area contributed by atoms with Crippen LogP contribution in [0.5, 0.6) is 0 Å². The quantitative estimate of drug-likeness (QED) is 0.304. The number of fused-ring (bicyclic) bond motifs is 3. The predicted octanol–water partition coefficient (Wildman–Crippen LogP) is 3.40. The molecule has 0 unspecified atom stereocenters. The number of hydrogen-bond acceptors (Lipinski definition) is 7. The summed E-state index contributed by atoms with van der Waals surface area (Å²) in [6.45, 7) is 4.05. The number of carbonyl (C=O) groups excluding carboxylic acids is 1. The SMILES string of the molecule is CCOC(=O)Cc1nc2c3c(-c4ccc(S(=O)(=O)N(C)C)cc4)cn(-c4ccc(C)cc4)c3ncn2n1. The van der Waals surface area contributed by atoms with Gasteiger partial charge in [0, 0.05) is 31.5 Å². The molecular formula is C26H26N6O4S. The summed E-state index contributed by atoms with van der Waals surface area (Å²) in [6.07, 6.45) is 3.47. The van der Waals surface area contributed by atoms with Gasteiger partial charge in [0.15, 0.2) is 17.1 Å². The van der Waals surface area contributed by atoms with Gasteiger partial charge in [-0.3, -0.25) is 4.79 Å². The molecule has 3 heterocycles. The monoisotopic (exact) mass is 518 g/mol. The highest BCUT2D eigenvalue weighted by molar-refractivity contribution is 7.89. The van der Waals surface area contributed by atoms with Crippen LogP contribution >= 0.6 is 0 Å². The topological polar surface area (TPSA) is 112 Å². The van der Waals surface area contributed by atoms with E-state index in [-0.39, 0.29) is 17.9 Å². The first-order chi connectivity index (χ1) is 17.7. The summed E-state index contributed by atoms with van der Waals surface area (Å²) in [7, 11) is -0.562. The number of nitrogens with zero attached hydrogens (tertiary/aromatic N) is 6. The van der Waals surface area contributed by atoms with E-state index in [1.54, 1.807) is 42.0 Å². The Morgan fingerprint density at radius 1 is 1.03 bits per heavy atom. The molecule has 0 aliphatic heterocycles. The number of hydrogen-bond donors (Lipinski definition) is 0. The number of esters is 1. The standard InChI is InChI=1S/C26H26N6O4S/c1-5-36-23(33)14-22-28-26-24-21(18-8-12-20(13-9-18)37(34,35)30(3)4)15-31(19-10-6-17(2)7-11-19)25(24)27-16-32(26)29-22/h6-13,15-16H,5,14H2,1-4H3. The third-order valence-electron chi connectivity index (χ3n) is 6.03. The van der Waals surface area contributed by atoms with E-state index in [1.165, 1.54) is 18.4 Å². The third kappa shape index (κ3) is 4.47. The number of carbonyl (C=O) groups is 1. The van der Waals surface area contributed by atoms with Crippen LogP contribution in [-0.2, 0) is 26.0 Å². The smallest absolute Gasteiger partial charge is 0.313 e. The average Bonchev–Trinajstić information content (AvgIpc) is 3.45. The number of aryl methyl sites for hydroxylation is 1. The lowest BCUT2D eigenvalue weighted by Crippen LogP contribution is -2.22. The van der Waals surface area contributed by atoms with Crippen molar-refractivity contribution in [2.75, 3.05) is 20.7 Å². The first kappa shape index (κ1) is 24.6. The molecule has 0 atom stereocenters. The molecule has 0 aliphatic carbocycles. The minimum atomic E-state index is -3.56. The second kappa shape index (κ2) is 9.41. The van der Waals surface area contributed by atoms with Crippen LogP contribution in [-0.4, -0.2) is 63.5 Å². The van der Waals surface area contributed by atoms with E-state index >= 15 is 0 Å². The van der Waals surface area contributed by atoms with E-state index in [9.17, 15) is 13.2 Å². The fourth-order valence-electron chi connectivity index (χ4n) is 4.13. The van der Waals surface area contributed by atoms with Crippen LogP contribution < -0.4 is 0 Å². The maximum Gasteiger partial charge on any atom is 0.313 e. The van der Waals surface area contributed by atoms with Gasteiger partial charge in [-0.25, -0.2) is 27.2 Å². The molecular weight excluding hydrogens is 492 g/mol. The summed E-state index contributed by atoms with van der Waals surface area (Å²) in [5.74, 6) is -0.0769. The predicted molar refractivity (Wildman–Crippen MR) is 139 cm³/mol. The Morgan fingerprint density at radius 2 is 1.73 bits per heavy atom. The summed E-state index contributed by atoms with van der Waals surface area (Å²) in [4.78, 5) is 21.5. The molecule has 0 saturated carbocycles. The Kier molecular flexibility index (Phi) is 6.26. The van der Waals surface area contributed by atoms with Gasteiger partial charge >= 0.3 is 5.97 Å². The number of aromatic nitrogens is 5. The third-order valence-corrected chi connectivity index (χ3v) is 7.86. The van der Waals surface area contributed by atoms with Gasteiger partial charge in [-0.2, -0.15) is 0 Å². The van der Waals surface area contributed by atoms with Gasteiger partial charge in [-0.1, -0.05) is 29.8 Å². The van der Waals surface area contributed by atoms with Crippen molar-refractivity contribution < 1.29 is 17.9 Å². The summed E-state index contributed by atoms with van der Waals surface area (Å²) in [6, 6.07) is 14.8. The van der Waals surface area contributed by atoms with Crippen molar-refractivity contribution in [3.8, 4) is 16.8 Å². The Bertz CT molecular complexity index is 1720. The zero-order valence-electron chi connectivity index (χ0n) is 20.9. The minimum Gasteiger partial charge on any atom is -0.466 e. The molecule has 0 fully saturated rings. The molecule has 5 rings (SSSR count). The van der Waals surface area contributed by atoms with Gasteiger partial charge < -0.3 is 9.30 Å². The van der Waals surface area contributed by atoms with Crippen LogP contribution in [0, 0.1) is 6.92 Å². The highest BCUT2D eigenvalue weighted by Crippen LogP contribution is 2.34. The minimum absolute atomic E-state index is 0.0535. The molecule has 0 bridgehead atoms. The lowest BCUT2D eigenvalue weighted by molar-refractivity contribution is -0.142. The van der Waals surface area contributed by atoms with E-state index in [4.69, 9.17) is 4.74 Å². The second-order valence-electron chi connectivity index (χ2n) is 8.78. The lowest BCUT2D eigenvalue weighted by Gasteiger charge is -2.11. The van der Waals surface area contributed by atoms with Gasteiger partial charge in [0.2, 0.25) is 10.0 Å². The van der Waals surface area contributed by atoms with Crippen LogP contribution in [0.4, 0.5) is 0 Å². The maximum absolute atomic E-state index is 12.6. The van der Waals surface area contributed by atoms with Gasteiger partial charge in [0.1, 0.15) is 12.7 Å². The van der Waals surface area contributed by atoms with Gasteiger partial charge in [0.05, 0.1) is 16.9 Å². The zero-order valence-corrected chi connectivity index (χ0v) is 21.7. The van der Waals surface area contributed by atoms with Gasteiger partial charge in [-0.05, 0) is 43.7 Å². The number of benzene rings is 2. The van der Waals surface area contributed by atoms with Crippen LogP contribution in [0.1, 0.15) is 18.3 Å². The molecule has 11 heteroatoms. The fourth-order valence-corrected chi connectivity index (χ4v) is 5.03. The summed E-state index contributed by atoms with van der Waals surface area (Å²) in [5, 5.41) is 5.16. The molecule has 0 radical (unpaired) electrons. The average molecular weight is 519 g/mol. The molecule has 0 saturated heterocycles. The summed E-state index contributed by atoms with van der Waals surface area (Å²) < 4.78 is 34.9. The van der Waals surface area contributed by atoms with Gasteiger partial charge in [0.25, 0.3) is 0 Å². The van der Waals surface area contributed by atoms with Crippen LogP contribution in [0.15, 0.2) is 66.0 Å². The van der Waals surface area contributed by atoms with Crippen LogP contribution in [0.3, 0.4) is 0 Å². The van der Waals surface area contributed by atoms with Crippen LogP contribution in [0.2, 0.25) is 0 Å². The van der Waals surface area contributed by atoms with Crippen molar-refractivity contribution in [3.63, 3.8) is 0 Å². The van der Waals surface area contributed by atoms with Crippen molar-refractivity contribution in [1.29, 1.82) is 0 Å². The normalized spacial score (nSPS) is 12.0. The van der Waals surface area contributed by atoms with Crippen molar-refractivity contribution in [2.24, 2.45) is 0 Å². The second-order valence-corrected chi connectivity index (χ2v) is 10.9. The van der Waals surface area contributed by atoms with Crippen molar-refractivity contribution in [2.45, 2.75) is 25.2 Å². The maximum atomic E-state index is 12.6. The van der Waals surface area contributed by atoms with E-state index in [2.05, 4.69) is 15.1 Å². The highest BCUT2D eigenvalue weighted by atomic mass is 32.2. The molecule has 0 amide bonds. The Labute approximate surface area is 214 Å². The van der Waals surface area contributed by atoms with Crippen molar-refractivity contribution in [3.05, 3.63) is 72.4 Å². The number of rotatable bonds is 7. The first-order valence-corrected chi connectivity index (χ1v) is 13.1. The van der Waals surface area contributed by atoms with E-state index in [1.807, 2.05) is 42.0 Å². The zero-order chi connectivity index (χ0) is 26.3. The molecule has 0 aliphatic rings. The highest BCUT2D eigenvalue weighted by Gasteiger charge is 2.21. The Hall–Kier alpha value is -4.09. The molecule has 10 nitrogen and oxygen atoms in total. The Morgan fingerprint density at radius 3 is 2.38 bits per heavy atom. The van der Waals surface area contributed by atoms with E-state index in [0.717, 1.165) is 27.8 Å².